The zero-order chi connectivity index (χ0) is 24.4. The molecular weight excluding hydrogens is 429 g/mol. The first-order chi connectivity index (χ1) is 16.4. The third-order valence-corrected chi connectivity index (χ3v) is 5.52. The number of carbonyl (C=O) groups excluding carboxylic acids is 1. The highest BCUT2D eigenvalue weighted by atomic mass is 19.1. The number of carbonyl (C=O) groups is 1. The van der Waals surface area contributed by atoms with Gasteiger partial charge in [0, 0.05) is 30.4 Å². The van der Waals surface area contributed by atoms with Gasteiger partial charge in [-0.2, -0.15) is 0 Å². The fraction of sp³-hybridized carbons (Fsp3) is 0.250. The van der Waals surface area contributed by atoms with Crippen LogP contribution in [0.15, 0.2) is 85.5 Å². The summed E-state index contributed by atoms with van der Waals surface area (Å²) in [6.45, 7) is 4.82. The second-order valence-electron chi connectivity index (χ2n) is 8.49. The van der Waals surface area contributed by atoms with Gasteiger partial charge in [-0.1, -0.05) is 48.5 Å². The normalized spacial score (nSPS) is 12.6. The number of nitrogens with one attached hydrogen (secondary N) is 2. The second kappa shape index (κ2) is 12.1. The van der Waals surface area contributed by atoms with Crippen molar-refractivity contribution in [2.24, 2.45) is 5.73 Å². The SMILES string of the molecule is C=CCC(N)(COCc1cc(NC)cc(C(=O)NCc2ccc(F)cc2)c1)Cc1ccccc1. The average molecular weight is 462 g/mol. The van der Waals surface area contributed by atoms with Crippen molar-refractivity contribution in [3.63, 3.8) is 0 Å². The van der Waals surface area contributed by atoms with Crippen LogP contribution in [0.25, 0.3) is 0 Å². The summed E-state index contributed by atoms with van der Waals surface area (Å²) < 4.78 is 19.1. The Kier molecular flexibility index (Phi) is 8.96. The number of rotatable bonds is 12. The maximum Gasteiger partial charge on any atom is 0.251 e. The van der Waals surface area contributed by atoms with Crippen LogP contribution in [0.2, 0.25) is 0 Å². The topological polar surface area (TPSA) is 76.4 Å². The Hall–Kier alpha value is -3.48. The van der Waals surface area contributed by atoms with Gasteiger partial charge in [0.15, 0.2) is 0 Å². The van der Waals surface area contributed by atoms with Gasteiger partial charge >= 0.3 is 0 Å². The summed E-state index contributed by atoms with van der Waals surface area (Å²) in [6.07, 6.45) is 3.11. The van der Waals surface area contributed by atoms with E-state index in [0.29, 0.717) is 38.2 Å². The van der Waals surface area contributed by atoms with E-state index in [0.717, 1.165) is 22.4 Å². The van der Waals surface area contributed by atoms with Crippen LogP contribution in [0.1, 0.15) is 33.5 Å². The minimum absolute atomic E-state index is 0.216. The van der Waals surface area contributed by atoms with E-state index >= 15 is 0 Å². The largest absolute Gasteiger partial charge is 0.388 e. The van der Waals surface area contributed by atoms with Crippen molar-refractivity contribution in [2.45, 2.75) is 31.5 Å². The average Bonchev–Trinajstić information content (AvgIpc) is 2.84. The molecule has 0 aliphatic rings. The molecule has 1 atom stereocenters. The van der Waals surface area contributed by atoms with Gasteiger partial charge in [-0.05, 0) is 59.9 Å². The van der Waals surface area contributed by atoms with Gasteiger partial charge in [-0.25, -0.2) is 4.39 Å². The number of hydrogen-bond donors (Lipinski definition) is 3. The molecule has 3 aromatic rings. The van der Waals surface area contributed by atoms with Crippen molar-refractivity contribution in [3.05, 3.63) is 114 Å². The summed E-state index contributed by atoms with van der Waals surface area (Å²) >= 11 is 0. The highest BCUT2D eigenvalue weighted by Gasteiger charge is 2.24. The van der Waals surface area contributed by atoms with E-state index in [1.54, 1.807) is 25.2 Å². The second-order valence-corrected chi connectivity index (χ2v) is 8.49. The molecule has 178 valence electrons. The molecule has 5 nitrogen and oxygen atoms in total. The van der Waals surface area contributed by atoms with E-state index in [4.69, 9.17) is 10.5 Å². The first-order valence-corrected chi connectivity index (χ1v) is 11.3. The fourth-order valence-corrected chi connectivity index (χ4v) is 3.78. The summed E-state index contributed by atoms with van der Waals surface area (Å²) in [5, 5.41) is 5.96. The van der Waals surface area contributed by atoms with Gasteiger partial charge in [-0.15, -0.1) is 6.58 Å². The zero-order valence-electron chi connectivity index (χ0n) is 19.5. The van der Waals surface area contributed by atoms with Crippen molar-refractivity contribution in [2.75, 3.05) is 19.0 Å². The molecule has 3 rings (SSSR count). The number of anilines is 1. The maximum atomic E-state index is 13.1. The fourth-order valence-electron chi connectivity index (χ4n) is 3.78. The van der Waals surface area contributed by atoms with Gasteiger partial charge in [0.25, 0.3) is 5.91 Å². The van der Waals surface area contributed by atoms with Crippen molar-refractivity contribution in [3.8, 4) is 0 Å². The Morgan fingerprint density at radius 3 is 2.47 bits per heavy atom. The summed E-state index contributed by atoms with van der Waals surface area (Å²) in [6, 6.07) is 21.7. The Bertz CT molecular complexity index is 1090. The Morgan fingerprint density at radius 2 is 1.79 bits per heavy atom. The minimum atomic E-state index is -0.570. The van der Waals surface area contributed by atoms with Gasteiger partial charge in [-0.3, -0.25) is 4.79 Å². The molecule has 1 amide bonds. The lowest BCUT2D eigenvalue weighted by molar-refractivity contribution is 0.0735. The molecule has 0 aliphatic carbocycles. The van der Waals surface area contributed by atoms with Crippen LogP contribution < -0.4 is 16.4 Å². The van der Waals surface area contributed by atoms with Crippen LogP contribution >= 0.6 is 0 Å². The molecule has 4 N–H and O–H groups in total. The Labute approximate surface area is 200 Å². The molecule has 0 radical (unpaired) electrons. The molecule has 0 fully saturated rings. The summed E-state index contributed by atoms with van der Waals surface area (Å²) in [5.41, 5.74) is 10.2. The highest BCUT2D eigenvalue weighted by Crippen LogP contribution is 2.19. The number of nitrogens with two attached hydrogens (primary N) is 1. The molecule has 0 saturated heterocycles. The van der Waals surface area contributed by atoms with E-state index in [2.05, 4.69) is 29.3 Å². The third kappa shape index (κ3) is 7.54. The van der Waals surface area contributed by atoms with E-state index in [9.17, 15) is 9.18 Å². The lowest BCUT2D eigenvalue weighted by Crippen LogP contribution is -2.46. The predicted molar refractivity (Wildman–Crippen MR) is 135 cm³/mol. The van der Waals surface area contributed by atoms with Crippen molar-refractivity contribution in [1.29, 1.82) is 0 Å². The molecule has 0 aromatic heterocycles. The first kappa shape index (κ1) is 25.1. The first-order valence-electron chi connectivity index (χ1n) is 11.3. The van der Waals surface area contributed by atoms with Crippen molar-refractivity contribution >= 4 is 11.6 Å². The molecule has 0 spiro atoms. The third-order valence-electron chi connectivity index (χ3n) is 5.52. The minimum Gasteiger partial charge on any atom is -0.388 e. The molecule has 0 aliphatic heterocycles. The predicted octanol–water partition coefficient (Wildman–Crippen LogP) is 4.83. The van der Waals surface area contributed by atoms with Crippen LogP contribution in [0.4, 0.5) is 10.1 Å². The highest BCUT2D eigenvalue weighted by molar-refractivity contribution is 5.95. The van der Waals surface area contributed by atoms with E-state index < -0.39 is 5.54 Å². The quantitative estimate of drug-likeness (QED) is 0.338. The smallest absolute Gasteiger partial charge is 0.251 e. The zero-order valence-corrected chi connectivity index (χ0v) is 19.5. The molecule has 0 heterocycles. The lowest BCUT2D eigenvalue weighted by atomic mass is 9.89. The van der Waals surface area contributed by atoms with Gasteiger partial charge in [0.05, 0.1) is 13.2 Å². The molecule has 3 aromatic carbocycles. The monoisotopic (exact) mass is 461 g/mol. The number of benzene rings is 3. The maximum absolute atomic E-state index is 13.1. The number of halogens is 1. The van der Waals surface area contributed by atoms with Crippen molar-refractivity contribution < 1.29 is 13.9 Å². The van der Waals surface area contributed by atoms with E-state index in [1.807, 2.05) is 36.4 Å². The van der Waals surface area contributed by atoms with E-state index in [-0.39, 0.29) is 11.7 Å². The molecular formula is C28H32FN3O2. The molecule has 34 heavy (non-hydrogen) atoms. The van der Waals surface area contributed by atoms with Crippen LogP contribution in [-0.2, 0) is 24.3 Å². The standard InChI is InChI=1S/C28H32FN3O2/c1-3-13-28(30,17-21-7-5-4-6-8-21)20-34-19-23-14-24(16-26(15-23)31-2)27(33)32-18-22-9-11-25(29)12-10-22/h3-12,14-16,31H,1,13,17-20,30H2,2H3,(H,32,33). The van der Waals surface area contributed by atoms with Crippen LogP contribution in [0.3, 0.4) is 0 Å². The van der Waals surface area contributed by atoms with Gasteiger partial charge in [0.1, 0.15) is 5.82 Å². The molecule has 0 saturated carbocycles. The number of hydrogen-bond acceptors (Lipinski definition) is 4. The van der Waals surface area contributed by atoms with Crippen LogP contribution in [-0.4, -0.2) is 25.1 Å². The van der Waals surface area contributed by atoms with Gasteiger partial charge < -0.3 is 21.1 Å². The summed E-state index contributed by atoms with van der Waals surface area (Å²) in [4.78, 5) is 12.7. The van der Waals surface area contributed by atoms with Crippen molar-refractivity contribution in [1.82, 2.24) is 5.32 Å². The summed E-state index contributed by atoms with van der Waals surface area (Å²) in [7, 11) is 1.80. The van der Waals surface area contributed by atoms with Gasteiger partial charge in [0.2, 0.25) is 0 Å². The Balaban J connectivity index is 1.63. The molecule has 0 bridgehead atoms. The van der Waals surface area contributed by atoms with Crippen LogP contribution in [0, 0.1) is 5.82 Å². The number of amides is 1. The number of ether oxygens (including phenoxy) is 1. The summed E-state index contributed by atoms with van der Waals surface area (Å²) in [5.74, 6) is -0.522. The molecule has 1 unspecified atom stereocenters. The van der Waals surface area contributed by atoms with E-state index in [1.165, 1.54) is 12.1 Å². The Morgan fingerprint density at radius 1 is 1.06 bits per heavy atom. The lowest BCUT2D eigenvalue weighted by Gasteiger charge is -2.28. The van der Waals surface area contributed by atoms with Crippen LogP contribution in [0.5, 0.6) is 0 Å². The molecule has 6 heteroatoms.